The van der Waals surface area contributed by atoms with Gasteiger partial charge in [0.2, 0.25) is 0 Å². The van der Waals surface area contributed by atoms with E-state index >= 15 is 0 Å². The molecular formula is C22H19FN4O3S. The van der Waals surface area contributed by atoms with Crippen LogP contribution in [0.4, 0.5) is 15.8 Å². The van der Waals surface area contributed by atoms with E-state index in [1.165, 1.54) is 22.6 Å². The summed E-state index contributed by atoms with van der Waals surface area (Å²) < 4.78 is 41.7. The molecule has 0 radical (unpaired) electrons. The van der Waals surface area contributed by atoms with E-state index in [4.69, 9.17) is 0 Å². The third-order valence-electron chi connectivity index (χ3n) is 4.60. The van der Waals surface area contributed by atoms with Crippen molar-refractivity contribution in [1.82, 2.24) is 9.38 Å². The lowest BCUT2D eigenvalue weighted by Crippen LogP contribution is -2.17. The predicted molar refractivity (Wildman–Crippen MR) is 117 cm³/mol. The maximum absolute atomic E-state index is 13.0. The number of hydrogen-bond donors (Lipinski definition) is 2. The Bertz CT molecular complexity index is 1400. The average molecular weight is 438 g/mol. The number of pyridine rings is 1. The van der Waals surface area contributed by atoms with Crippen molar-refractivity contribution in [2.45, 2.75) is 18.4 Å². The minimum Gasteiger partial charge on any atom is -0.379 e. The zero-order valence-electron chi connectivity index (χ0n) is 16.5. The van der Waals surface area contributed by atoms with Gasteiger partial charge in [0.25, 0.3) is 15.6 Å². The van der Waals surface area contributed by atoms with Crippen LogP contribution in [0.2, 0.25) is 0 Å². The Morgan fingerprint density at radius 2 is 1.65 bits per heavy atom. The molecule has 2 N–H and O–H groups in total. The van der Waals surface area contributed by atoms with Crippen molar-refractivity contribution >= 4 is 27.0 Å². The van der Waals surface area contributed by atoms with Gasteiger partial charge in [-0.25, -0.2) is 17.8 Å². The summed E-state index contributed by atoms with van der Waals surface area (Å²) in [6.07, 6.45) is 1.74. The molecule has 0 saturated carbocycles. The third-order valence-corrected chi connectivity index (χ3v) is 5.99. The molecule has 4 aromatic rings. The lowest BCUT2D eigenvalue weighted by Gasteiger charge is -2.10. The van der Waals surface area contributed by atoms with Crippen LogP contribution < -0.4 is 15.6 Å². The third kappa shape index (κ3) is 4.72. The molecular weight excluding hydrogens is 419 g/mol. The van der Waals surface area contributed by atoms with Crippen LogP contribution in [-0.4, -0.2) is 17.8 Å². The quantitative estimate of drug-likeness (QED) is 0.480. The highest BCUT2D eigenvalue weighted by atomic mass is 32.2. The Hall–Kier alpha value is -3.72. The van der Waals surface area contributed by atoms with Crippen LogP contribution in [0.25, 0.3) is 5.65 Å². The number of nitrogens with zero attached hydrogens (tertiary/aromatic N) is 2. The summed E-state index contributed by atoms with van der Waals surface area (Å²) in [6.45, 7) is 2.24. The van der Waals surface area contributed by atoms with E-state index < -0.39 is 15.8 Å². The molecule has 2 aromatic heterocycles. The molecule has 0 atom stereocenters. The van der Waals surface area contributed by atoms with Crippen LogP contribution in [0.3, 0.4) is 0 Å². The Morgan fingerprint density at radius 3 is 2.35 bits per heavy atom. The molecule has 0 aliphatic carbocycles. The number of anilines is 2. The van der Waals surface area contributed by atoms with Crippen molar-refractivity contribution in [3.63, 3.8) is 0 Å². The molecule has 0 fully saturated rings. The monoisotopic (exact) mass is 438 g/mol. The lowest BCUT2D eigenvalue weighted by atomic mass is 10.2. The van der Waals surface area contributed by atoms with Gasteiger partial charge in [-0.05, 0) is 67.1 Å². The van der Waals surface area contributed by atoms with Crippen molar-refractivity contribution in [3.05, 3.63) is 100 Å². The Kier molecular flexibility index (Phi) is 5.43. The van der Waals surface area contributed by atoms with E-state index in [1.807, 2.05) is 13.0 Å². The van der Waals surface area contributed by atoms with Crippen LogP contribution in [-0.2, 0) is 16.6 Å². The summed E-state index contributed by atoms with van der Waals surface area (Å²) in [5.41, 5.74) is 3.08. The van der Waals surface area contributed by atoms with Gasteiger partial charge < -0.3 is 5.32 Å². The second-order valence-corrected chi connectivity index (χ2v) is 8.69. The Labute approximate surface area is 178 Å². The second kappa shape index (κ2) is 8.19. The summed E-state index contributed by atoms with van der Waals surface area (Å²) in [5.74, 6) is -0.506. The van der Waals surface area contributed by atoms with Gasteiger partial charge in [0.15, 0.2) is 0 Å². The fourth-order valence-corrected chi connectivity index (χ4v) is 4.08. The maximum Gasteiger partial charge on any atom is 0.261 e. The van der Waals surface area contributed by atoms with E-state index in [2.05, 4.69) is 15.0 Å². The summed E-state index contributed by atoms with van der Waals surface area (Å²) in [7, 11) is -3.81. The minimum absolute atomic E-state index is 0.0278. The zero-order valence-corrected chi connectivity index (χ0v) is 17.4. The molecule has 4 rings (SSSR count). The summed E-state index contributed by atoms with van der Waals surface area (Å²) in [4.78, 5) is 16.7. The molecule has 0 aliphatic heterocycles. The summed E-state index contributed by atoms with van der Waals surface area (Å²) in [5, 5.41) is 3.16. The molecule has 0 amide bonds. The molecule has 0 aliphatic rings. The lowest BCUT2D eigenvalue weighted by molar-refractivity contribution is 0.599. The first-order chi connectivity index (χ1) is 14.8. The first kappa shape index (κ1) is 20.5. The molecule has 0 saturated heterocycles. The van der Waals surface area contributed by atoms with Crippen molar-refractivity contribution in [3.8, 4) is 0 Å². The standard InChI is InChI=1S/C22H19FN4O3S/c1-15-2-11-21-25-19(12-22(28)27(21)14-15)13-24-17-5-7-18(8-6-17)26-31(29,30)20-9-3-16(23)4-10-20/h2-12,14,24,26H,13H2,1H3. The second-order valence-electron chi connectivity index (χ2n) is 7.01. The van der Waals surface area contributed by atoms with Crippen LogP contribution >= 0.6 is 0 Å². The highest BCUT2D eigenvalue weighted by Crippen LogP contribution is 2.19. The molecule has 7 nitrogen and oxygen atoms in total. The van der Waals surface area contributed by atoms with Gasteiger partial charge in [-0.2, -0.15) is 0 Å². The number of fused-ring (bicyclic) bond motifs is 1. The molecule has 0 bridgehead atoms. The summed E-state index contributed by atoms with van der Waals surface area (Å²) >= 11 is 0. The van der Waals surface area contributed by atoms with Crippen molar-refractivity contribution in [1.29, 1.82) is 0 Å². The largest absolute Gasteiger partial charge is 0.379 e. The normalized spacial score (nSPS) is 11.4. The van der Waals surface area contributed by atoms with Gasteiger partial charge in [-0.1, -0.05) is 6.07 Å². The van der Waals surface area contributed by atoms with Gasteiger partial charge in [-0.15, -0.1) is 0 Å². The minimum atomic E-state index is -3.81. The molecule has 158 valence electrons. The van der Waals surface area contributed by atoms with E-state index in [1.54, 1.807) is 36.5 Å². The van der Waals surface area contributed by atoms with Crippen LogP contribution in [0.15, 0.2) is 82.6 Å². The van der Waals surface area contributed by atoms with Crippen LogP contribution in [0.1, 0.15) is 11.3 Å². The summed E-state index contributed by atoms with van der Waals surface area (Å²) in [6, 6.07) is 16.4. The molecule has 0 spiro atoms. The molecule has 31 heavy (non-hydrogen) atoms. The Balaban J connectivity index is 1.44. The number of aromatic nitrogens is 2. The van der Waals surface area contributed by atoms with Crippen molar-refractivity contribution in [2.24, 2.45) is 0 Å². The zero-order chi connectivity index (χ0) is 22.0. The highest BCUT2D eigenvalue weighted by Gasteiger charge is 2.14. The fourth-order valence-electron chi connectivity index (χ4n) is 3.03. The molecule has 0 unspecified atom stereocenters. The number of nitrogens with one attached hydrogen (secondary N) is 2. The van der Waals surface area contributed by atoms with Gasteiger partial charge in [0.1, 0.15) is 11.5 Å². The fraction of sp³-hybridized carbons (Fsp3) is 0.0909. The molecule has 2 heterocycles. The first-order valence-corrected chi connectivity index (χ1v) is 10.9. The number of aryl methyl sites for hydroxylation is 1. The average Bonchev–Trinajstić information content (AvgIpc) is 2.74. The van der Waals surface area contributed by atoms with Gasteiger partial charge in [-0.3, -0.25) is 13.9 Å². The van der Waals surface area contributed by atoms with E-state index in [0.717, 1.165) is 23.4 Å². The molecule has 9 heteroatoms. The molecule has 2 aromatic carbocycles. The van der Waals surface area contributed by atoms with Crippen molar-refractivity contribution < 1.29 is 12.8 Å². The van der Waals surface area contributed by atoms with Gasteiger partial charge in [0.05, 0.1) is 17.1 Å². The maximum atomic E-state index is 13.0. The smallest absolute Gasteiger partial charge is 0.261 e. The predicted octanol–water partition coefficient (Wildman–Crippen LogP) is 3.55. The highest BCUT2D eigenvalue weighted by molar-refractivity contribution is 7.92. The number of rotatable bonds is 6. The Morgan fingerprint density at radius 1 is 0.968 bits per heavy atom. The van der Waals surface area contributed by atoms with Crippen LogP contribution in [0.5, 0.6) is 0 Å². The van der Waals surface area contributed by atoms with Gasteiger partial charge in [0, 0.05) is 23.6 Å². The van der Waals surface area contributed by atoms with E-state index in [0.29, 0.717) is 23.6 Å². The SMILES string of the molecule is Cc1ccc2nc(CNc3ccc(NS(=O)(=O)c4ccc(F)cc4)cc3)cc(=O)n2c1. The van der Waals surface area contributed by atoms with Gasteiger partial charge >= 0.3 is 0 Å². The number of sulfonamides is 1. The van der Waals surface area contributed by atoms with Crippen molar-refractivity contribution in [2.75, 3.05) is 10.0 Å². The first-order valence-electron chi connectivity index (χ1n) is 9.41. The van der Waals surface area contributed by atoms with Crippen LogP contribution in [0, 0.1) is 12.7 Å². The number of halogens is 1. The number of benzene rings is 2. The topological polar surface area (TPSA) is 92.6 Å². The number of hydrogen-bond acceptors (Lipinski definition) is 5. The van der Waals surface area contributed by atoms with E-state index in [-0.39, 0.29) is 10.5 Å². The van der Waals surface area contributed by atoms with E-state index in [9.17, 15) is 17.6 Å².